The van der Waals surface area contributed by atoms with Crippen molar-refractivity contribution in [3.8, 4) is 0 Å². The summed E-state index contributed by atoms with van der Waals surface area (Å²) in [5.74, 6) is 1.07. The summed E-state index contributed by atoms with van der Waals surface area (Å²) in [7, 11) is 0. The van der Waals surface area contributed by atoms with Gasteiger partial charge in [-0.3, -0.25) is 0 Å². The van der Waals surface area contributed by atoms with Crippen molar-refractivity contribution in [3.05, 3.63) is 0 Å². The molecule has 2 N–H and O–H groups in total. The van der Waals surface area contributed by atoms with Crippen LogP contribution in [-0.4, -0.2) is 12.6 Å². The number of hydrogen-bond donors (Lipinski definition) is 1. The largest absolute Gasteiger partial charge is 1.00 e. The second-order valence-electron chi connectivity index (χ2n) is 4.67. The van der Waals surface area contributed by atoms with E-state index in [2.05, 4.69) is 5.32 Å². The van der Waals surface area contributed by atoms with Gasteiger partial charge in [0.05, 0.1) is 12.6 Å². The second kappa shape index (κ2) is 5.87. The van der Waals surface area contributed by atoms with Crippen molar-refractivity contribution in [2.45, 2.75) is 57.4 Å². The summed E-state index contributed by atoms with van der Waals surface area (Å²) >= 11 is 0. The smallest absolute Gasteiger partial charge is 0.0859 e. The summed E-state index contributed by atoms with van der Waals surface area (Å²) in [5.41, 5.74) is 0. The van der Waals surface area contributed by atoms with Crippen molar-refractivity contribution < 1.29 is 17.7 Å². The summed E-state index contributed by atoms with van der Waals surface area (Å²) in [4.78, 5) is 0. The van der Waals surface area contributed by atoms with Gasteiger partial charge in [-0.2, -0.15) is 0 Å². The molecule has 0 aromatic heterocycles. The molecule has 2 saturated carbocycles. The van der Waals surface area contributed by atoms with Crippen LogP contribution in [0, 0.1) is 5.92 Å². The Morgan fingerprint density at radius 3 is 2.00 bits per heavy atom. The van der Waals surface area contributed by atoms with Crippen LogP contribution in [0.2, 0.25) is 0 Å². The van der Waals surface area contributed by atoms with E-state index in [9.17, 15) is 0 Å². The predicted octanol–water partition coefficient (Wildman–Crippen LogP) is -1.31. The molecule has 0 aliphatic heterocycles. The molecule has 1 nitrogen and oxygen atoms in total. The van der Waals surface area contributed by atoms with E-state index in [1.165, 1.54) is 57.9 Å². The van der Waals surface area contributed by atoms with Gasteiger partial charge in [-0.15, -0.1) is 0 Å². The Morgan fingerprint density at radius 2 is 1.38 bits per heavy atom. The van der Waals surface area contributed by atoms with Gasteiger partial charge in [-0.1, -0.05) is 12.8 Å². The Morgan fingerprint density at radius 1 is 0.846 bits per heavy atom. The van der Waals surface area contributed by atoms with Crippen molar-refractivity contribution in [1.82, 2.24) is 0 Å². The molecular formula is C11H22ClN. The van der Waals surface area contributed by atoms with Crippen molar-refractivity contribution in [3.63, 3.8) is 0 Å². The van der Waals surface area contributed by atoms with Gasteiger partial charge in [0.1, 0.15) is 0 Å². The minimum absolute atomic E-state index is 0. The van der Waals surface area contributed by atoms with Crippen molar-refractivity contribution in [2.24, 2.45) is 5.92 Å². The zero-order chi connectivity index (χ0) is 8.23. The monoisotopic (exact) mass is 203 g/mol. The summed E-state index contributed by atoms with van der Waals surface area (Å²) < 4.78 is 0. The Labute approximate surface area is 88.1 Å². The number of hydrogen-bond acceptors (Lipinski definition) is 0. The molecule has 2 aliphatic carbocycles. The molecule has 0 unspecified atom stereocenters. The average molecular weight is 204 g/mol. The fourth-order valence-electron chi connectivity index (χ4n) is 2.82. The lowest BCUT2D eigenvalue weighted by atomic mass is 10.1. The van der Waals surface area contributed by atoms with Crippen LogP contribution in [0.3, 0.4) is 0 Å². The molecule has 0 saturated heterocycles. The minimum Gasteiger partial charge on any atom is -1.00 e. The standard InChI is InChI=1S/C11H21N.ClH/c1-2-6-10(5-1)9-12-11-7-3-4-8-11;/h10-12H,1-9H2;1H. The van der Waals surface area contributed by atoms with Crippen LogP contribution in [-0.2, 0) is 0 Å². The Hall–Kier alpha value is 0.250. The minimum atomic E-state index is 0. The third kappa shape index (κ3) is 3.47. The van der Waals surface area contributed by atoms with Gasteiger partial charge < -0.3 is 17.7 Å². The fourth-order valence-corrected chi connectivity index (χ4v) is 2.82. The van der Waals surface area contributed by atoms with Gasteiger partial charge in [0.2, 0.25) is 0 Å². The predicted molar refractivity (Wildman–Crippen MR) is 51.0 cm³/mol. The van der Waals surface area contributed by atoms with E-state index in [-0.39, 0.29) is 12.4 Å². The average Bonchev–Trinajstić information content (AvgIpc) is 2.74. The van der Waals surface area contributed by atoms with E-state index in [1.807, 2.05) is 0 Å². The van der Waals surface area contributed by atoms with E-state index < -0.39 is 0 Å². The maximum Gasteiger partial charge on any atom is 0.0859 e. The maximum atomic E-state index is 2.64. The van der Waals surface area contributed by atoms with Crippen LogP contribution >= 0.6 is 0 Å². The van der Waals surface area contributed by atoms with Crippen LogP contribution in [0.25, 0.3) is 0 Å². The zero-order valence-corrected chi connectivity index (χ0v) is 9.23. The molecule has 0 aromatic rings. The number of nitrogens with two attached hydrogens (primary N) is 1. The molecule has 0 aromatic carbocycles. The van der Waals surface area contributed by atoms with Crippen LogP contribution in [0.4, 0.5) is 0 Å². The van der Waals surface area contributed by atoms with E-state index in [0.29, 0.717) is 0 Å². The topological polar surface area (TPSA) is 16.6 Å². The Kier molecular flexibility index (Phi) is 5.12. The van der Waals surface area contributed by atoms with E-state index in [4.69, 9.17) is 0 Å². The van der Waals surface area contributed by atoms with Crippen molar-refractivity contribution >= 4 is 0 Å². The first-order chi connectivity index (χ1) is 5.95. The molecule has 2 aliphatic rings. The highest BCUT2D eigenvalue weighted by Gasteiger charge is 2.21. The lowest BCUT2D eigenvalue weighted by Crippen LogP contribution is -3.00. The van der Waals surface area contributed by atoms with Crippen molar-refractivity contribution in [1.29, 1.82) is 0 Å². The molecule has 0 heterocycles. The SMILES string of the molecule is C1CCC(C[NH2+]C2CCCC2)C1.[Cl-]. The third-order valence-corrected chi connectivity index (χ3v) is 3.68. The number of rotatable bonds is 3. The first-order valence-corrected chi connectivity index (χ1v) is 5.78. The molecular weight excluding hydrogens is 182 g/mol. The van der Waals surface area contributed by atoms with Crippen LogP contribution in [0.15, 0.2) is 0 Å². The summed E-state index contributed by atoms with van der Waals surface area (Å²) in [6.45, 7) is 1.44. The third-order valence-electron chi connectivity index (χ3n) is 3.68. The normalized spacial score (nSPS) is 24.9. The lowest BCUT2D eigenvalue weighted by Gasteiger charge is -2.12. The summed E-state index contributed by atoms with van der Waals surface area (Å²) in [6, 6.07) is 1.01. The first kappa shape index (κ1) is 11.3. The zero-order valence-electron chi connectivity index (χ0n) is 8.47. The molecule has 0 atom stereocenters. The van der Waals surface area contributed by atoms with E-state index >= 15 is 0 Å². The molecule has 0 bridgehead atoms. The molecule has 0 amide bonds. The van der Waals surface area contributed by atoms with Gasteiger partial charge >= 0.3 is 0 Å². The molecule has 0 spiro atoms. The van der Waals surface area contributed by atoms with E-state index in [1.54, 1.807) is 0 Å². The van der Waals surface area contributed by atoms with Crippen molar-refractivity contribution in [2.75, 3.05) is 6.54 Å². The fraction of sp³-hybridized carbons (Fsp3) is 1.00. The van der Waals surface area contributed by atoms with Gasteiger partial charge in [-0.05, 0) is 38.5 Å². The van der Waals surface area contributed by atoms with Gasteiger partial charge in [0.25, 0.3) is 0 Å². The lowest BCUT2D eigenvalue weighted by molar-refractivity contribution is -0.693. The van der Waals surface area contributed by atoms with Crippen LogP contribution in [0.1, 0.15) is 51.4 Å². The molecule has 2 rings (SSSR count). The maximum absolute atomic E-state index is 2.64. The summed E-state index contributed by atoms with van der Waals surface area (Å²) in [6.07, 6.45) is 12.0. The molecule has 0 radical (unpaired) electrons. The number of halogens is 1. The Balaban J connectivity index is 0.000000845. The Bertz CT molecular complexity index is 110. The highest BCUT2D eigenvalue weighted by Crippen LogP contribution is 2.23. The van der Waals surface area contributed by atoms with E-state index in [0.717, 1.165) is 12.0 Å². The summed E-state index contributed by atoms with van der Waals surface area (Å²) in [5, 5.41) is 2.64. The van der Waals surface area contributed by atoms with Gasteiger partial charge in [-0.25, -0.2) is 0 Å². The quantitative estimate of drug-likeness (QED) is 0.587. The number of quaternary nitrogens is 1. The van der Waals surface area contributed by atoms with Gasteiger partial charge in [0, 0.05) is 5.92 Å². The highest BCUT2D eigenvalue weighted by molar-refractivity contribution is 4.67. The molecule has 78 valence electrons. The molecule has 2 fully saturated rings. The van der Waals surface area contributed by atoms with Crippen LogP contribution < -0.4 is 17.7 Å². The highest BCUT2D eigenvalue weighted by atomic mass is 35.5. The molecule has 2 heteroatoms. The molecule has 13 heavy (non-hydrogen) atoms. The second-order valence-corrected chi connectivity index (χ2v) is 4.67. The first-order valence-electron chi connectivity index (χ1n) is 5.78. The van der Waals surface area contributed by atoms with Gasteiger partial charge in [0.15, 0.2) is 0 Å². The van der Waals surface area contributed by atoms with Crippen LogP contribution in [0.5, 0.6) is 0 Å².